The lowest BCUT2D eigenvalue weighted by atomic mass is 10.1. The maximum absolute atomic E-state index is 3.86. The predicted molar refractivity (Wildman–Crippen MR) is 72.8 cm³/mol. The van der Waals surface area contributed by atoms with Crippen molar-refractivity contribution in [2.75, 3.05) is 0 Å². The van der Waals surface area contributed by atoms with Crippen molar-refractivity contribution in [3.8, 4) is 0 Å². The average Bonchev–Trinajstić information content (AvgIpc) is 3.14. The first-order chi connectivity index (χ1) is 7.74. The van der Waals surface area contributed by atoms with Gasteiger partial charge in [-0.3, -0.25) is 0 Å². The van der Waals surface area contributed by atoms with E-state index >= 15 is 0 Å². The highest BCUT2D eigenvalue weighted by atomic mass is 79.9. The lowest BCUT2D eigenvalue weighted by Crippen LogP contribution is -2.34. The third-order valence-corrected chi connectivity index (χ3v) is 5.59. The molecule has 16 heavy (non-hydrogen) atoms. The quantitative estimate of drug-likeness (QED) is 0.852. The third kappa shape index (κ3) is 2.52. The van der Waals surface area contributed by atoms with Gasteiger partial charge >= 0.3 is 0 Å². The van der Waals surface area contributed by atoms with Gasteiger partial charge in [0, 0.05) is 26.8 Å². The molecule has 0 spiro atoms. The van der Waals surface area contributed by atoms with Crippen LogP contribution in [-0.4, -0.2) is 6.04 Å². The molecule has 3 rings (SSSR count). The zero-order chi connectivity index (χ0) is 11.1. The van der Waals surface area contributed by atoms with Crippen LogP contribution in [0.3, 0.4) is 0 Å². The van der Waals surface area contributed by atoms with Crippen LogP contribution in [0.25, 0.3) is 0 Å². The molecule has 2 aliphatic carbocycles. The summed E-state index contributed by atoms with van der Waals surface area (Å²) in [5.74, 6) is 1.97. The molecule has 0 aromatic carbocycles. The Labute approximate surface area is 110 Å². The fourth-order valence-corrected chi connectivity index (χ4v) is 3.96. The first kappa shape index (κ1) is 11.2. The summed E-state index contributed by atoms with van der Waals surface area (Å²) in [4.78, 5) is 1.46. The van der Waals surface area contributed by atoms with Crippen LogP contribution >= 0.6 is 27.3 Å². The summed E-state index contributed by atoms with van der Waals surface area (Å²) in [6.07, 6.45) is 5.81. The third-order valence-electron chi connectivity index (χ3n) is 3.72. The van der Waals surface area contributed by atoms with Crippen molar-refractivity contribution in [2.45, 2.75) is 44.7 Å². The summed E-state index contributed by atoms with van der Waals surface area (Å²) in [5.41, 5.74) is 0. The van der Waals surface area contributed by atoms with Gasteiger partial charge in [-0.05, 0) is 66.4 Å². The molecular weight excluding hydrogens is 282 g/mol. The molecule has 0 amide bonds. The standard InChI is InChI=1S/C13H18BrNS/c1-8(12-6-11(14)7-16-12)15-13(9-2-3-9)10-4-5-10/h6-10,13,15H,2-5H2,1H3. The topological polar surface area (TPSA) is 12.0 Å². The number of hydrogen-bond acceptors (Lipinski definition) is 2. The van der Waals surface area contributed by atoms with E-state index in [2.05, 4.69) is 39.6 Å². The van der Waals surface area contributed by atoms with Gasteiger partial charge in [0.2, 0.25) is 0 Å². The minimum absolute atomic E-state index is 0.516. The summed E-state index contributed by atoms with van der Waals surface area (Å²) in [6.45, 7) is 2.30. The highest BCUT2D eigenvalue weighted by Crippen LogP contribution is 2.45. The number of rotatable bonds is 5. The maximum atomic E-state index is 3.86. The van der Waals surface area contributed by atoms with Gasteiger partial charge < -0.3 is 5.32 Å². The Balaban J connectivity index is 1.63. The van der Waals surface area contributed by atoms with Gasteiger partial charge in [0.1, 0.15) is 0 Å². The van der Waals surface area contributed by atoms with Crippen molar-refractivity contribution >= 4 is 27.3 Å². The van der Waals surface area contributed by atoms with Crippen LogP contribution in [0.1, 0.15) is 43.5 Å². The van der Waals surface area contributed by atoms with Gasteiger partial charge in [0.15, 0.2) is 0 Å². The smallest absolute Gasteiger partial charge is 0.0388 e. The van der Waals surface area contributed by atoms with E-state index in [1.165, 1.54) is 35.0 Å². The van der Waals surface area contributed by atoms with Gasteiger partial charge in [0.25, 0.3) is 0 Å². The van der Waals surface area contributed by atoms with Crippen LogP contribution in [0.5, 0.6) is 0 Å². The van der Waals surface area contributed by atoms with Crippen molar-refractivity contribution in [3.05, 3.63) is 20.8 Å². The minimum Gasteiger partial charge on any atom is -0.306 e. The van der Waals surface area contributed by atoms with Crippen LogP contribution in [0, 0.1) is 11.8 Å². The molecule has 0 bridgehead atoms. The molecule has 1 N–H and O–H groups in total. The average molecular weight is 300 g/mol. The Morgan fingerprint density at radius 1 is 1.31 bits per heavy atom. The van der Waals surface area contributed by atoms with E-state index in [0.29, 0.717) is 6.04 Å². The lowest BCUT2D eigenvalue weighted by molar-refractivity contribution is 0.380. The highest BCUT2D eigenvalue weighted by molar-refractivity contribution is 9.10. The summed E-state index contributed by atoms with van der Waals surface area (Å²) >= 11 is 5.39. The molecule has 2 saturated carbocycles. The van der Waals surface area contributed by atoms with Crippen molar-refractivity contribution in [2.24, 2.45) is 11.8 Å². The first-order valence-corrected chi connectivity index (χ1v) is 7.91. The molecule has 1 nitrogen and oxygen atoms in total. The van der Waals surface area contributed by atoms with Crippen molar-refractivity contribution < 1.29 is 0 Å². The summed E-state index contributed by atoms with van der Waals surface area (Å²) in [6, 6.07) is 3.57. The predicted octanol–water partition coefficient (Wildman–Crippen LogP) is 4.35. The fourth-order valence-electron chi connectivity index (χ4n) is 2.49. The van der Waals surface area contributed by atoms with Crippen molar-refractivity contribution in [1.29, 1.82) is 0 Å². The molecule has 1 unspecified atom stereocenters. The van der Waals surface area contributed by atoms with Crippen LogP contribution in [-0.2, 0) is 0 Å². The van der Waals surface area contributed by atoms with E-state index in [1.807, 2.05) is 11.3 Å². The summed E-state index contributed by atoms with van der Waals surface area (Å²) in [7, 11) is 0. The Morgan fingerprint density at radius 3 is 2.38 bits per heavy atom. The zero-order valence-electron chi connectivity index (χ0n) is 9.58. The molecule has 0 radical (unpaired) electrons. The Hall–Kier alpha value is 0.140. The van der Waals surface area contributed by atoms with E-state index in [9.17, 15) is 0 Å². The lowest BCUT2D eigenvalue weighted by Gasteiger charge is -2.22. The molecule has 0 aliphatic heterocycles. The SMILES string of the molecule is CC(NC(C1CC1)C1CC1)c1cc(Br)cs1. The number of thiophene rings is 1. The normalized spacial score (nSPS) is 22.7. The Kier molecular flexibility index (Phi) is 3.11. The molecule has 0 saturated heterocycles. The monoisotopic (exact) mass is 299 g/mol. The number of halogens is 1. The highest BCUT2D eigenvalue weighted by Gasteiger charge is 2.41. The molecule has 2 aliphatic rings. The van der Waals surface area contributed by atoms with Crippen LogP contribution < -0.4 is 5.32 Å². The second-order valence-electron chi connectivity index (χ2n) is 5.26. The molecule has 88 valence electrons. The van der Waals surface area contributed by atoms with E-state index in [1.54, 1.807) is 0 Å². The molecule has 1 heterocycles. The van der Waals surface area contributed by atoms with Gasteiger partial charge in [-0.2, -0.15) is 0 Å². The van der Waals surface area contributed by atoms with Crippen molar-refractivity contribution in [1.82, 2.24) is 5.32 Å². The number of nitrogens with one attached hydrogen (secondary N) is 1. The van der Waals surface area contributed by atoms with E-state index in [0.717, 1.165) is 17.9 Å². The van der Waals surface area contributed by atoms with Gasteiger partial charge in [-0.25, -0.2) is 0 Å². The molecule has 3 heteroatoms. The maximum Gasteiger partial charge on any atom is 0.0388 e. The zero-order valence-corrected chi connectivity index (χ0v) is 12.0. The Bertz CT molecular complexity index is 356. The summed E-state index contributed by atoms with van der Waals surface area (Å²) in [5, 5.41) is 6.04. The first-order valence-electron chi connectivity index (χ1n) is 6.24. The Morgan fingerprint density at radius 2 is 1.94 bits per heavy atom. The molecular formula is C13H18BrNS. The van der Waals surface area contributed by atoms with Gasteiger partial charge in [0.05, 0.1) is 0 Å². The van der Waals surface area contributed by atoms with E-state index in [4.69, 9.17) is 0 Å². The van der Waals surface area contributed by atoms with Crippen LogP contribution in [0.2, 0.25) is 0 Å². The minimum atomic E-state index is 0.516. The van der Waals surface area contributed by atoms with Gasteiger partial charge in [-0.1, -0.05) is 0 Å². The second-order valence-corrected chi connectivity index (χ2v) is 7.11. The molecule has 1 atom stereocenters. The van der Waals surface area contributed by atoms with Crippen LogP contribution in [0.4, 0.5) is 0 Å². The largest absolute Gasteiger partial charge is 0.306 e. The van der Waals surface area contributed by atoms with Gasteiger partial charge in [-0.15, -0.1) is 11.3 Å². The molecule has 1 aromatic rings. The summed E-state index contributed by atoms with van der Waals surface area (Å²) < 4.78 is 1.22. The van der Waals surface area contributed by atoms with Crippen LogP contribution in [0.15, 0.2) is 15.9 Å². The number of hydrogen-bond donors (Lipinski definition) is 1. The molecule has 2 fully saturated rings. The molecule has 1 aromatic heterocycles. The van der Waals surface area contributed by atoms with E-state index < -0.39 is 0 Å². The fraction of sp³-hybridized carbons (Fsp3) is 0.692. The van der Waals surface area contributed by atoms with Crippen molar-refractivity contribution in [3.63, 3.8) is 0 Å². The van der Waals surface area contributed by atoms with E-state index in [-0.39, 0.29) is 0 Å². The second kappa shape index (κ2) is 4.43.